The van der Waals surface area contributed by atoms with Crippen LogP contribution in [-0.4, -0.2) is 24.7 Å². The SMILES string of the molecule is CNC(=O)[C@H](c1ccccc1)N(CCCc1ccc(C(F)(F)F)cc1)c1cc(C)on1. The standard InChI is InChI=1S/C23H24F3N3O2/c1-16-15-20(28-31-16)29(21(22(30)27-2)18-8-4-3-5-9-18)14-6-7-17-10-12-19(13-11-17)23(24,25)26/h3-5,8-13,15,21H,6-7,14H2,1-2H3,(H,27,30)/t21-/m0/s1. The van der Waals surface area contributed by atoms with E-state index in [1.807, 2.05) is 35.2 Å². The van der Waals surface area contributed by atoms with Crippen molar-refractivity contribution in [2.24, 2.45) is 0 Å². The molecule has 0 spiro atoms. The number of benzene rings is 2. The molecular formula is C23H24F3N3O2. The van der Waals surface area contributed by atoms with E-state index in [1.54, 1.807) is 20.0 Å². The molecule has 1 heterocycles. The minimum absolute atomic E-state index is 0.193. The molecule has 2 aromatic carbocycles. The van der Waals surface area contributed by atoms with Gasteiger partial charge >= 0.3 is 6.18 Å². The molecule has 164 valence electrons. The van der Waals surface area contributed by atoms with E-state index in [9.17, 15) is 18.0 Å². The largest absolute Gasteiger partial charge is 0.416 e. The van der Waals surface area contributed by atoms with Gasteiger partial charge in [0, 0.05) is 19.7 Å². The Morgan fingerprint density at radius 2 is 1.81 bits per heavy atom. The minimum atomic E-state index is -4.35. The summed E-state index contributed by atoms with van der Waals surface area (Å²) in [6, 6.07) is 15.6. The number of anilines is 1. The Labute approximate surface area is 178 Å². The van der Waals surface area contributed by atoms with Gasteiger partial charge in [-0.05, 0) is 43.0 Å². The number of likely N-dealkylation sites (N-methyl/N-ethyl adjacent to an activating group) is 1. The summed E-state index contributed by atoms with van der Waals surface area (Å²) in [5, 5.41) is 6.79. The number of amides is 1. The Morgan fingerprint density at radius 1 is 1.13 bits per heavy atom. The fourth-order valence-corrected chi connectivity index (χ4v) is 3.42. The zero-order chi connectivity index (χ0) is 22.4. The molecule has 8 heteroatoms. The number of alkyl halides is 3. The molecule has 1 aromatic heterocycles. The average molecular weight is 431 g/mol. The molecule has 1 amide bonds. The predicted molar refractivity (Wildman–Crippen MR) is 112 cm³/mol. The van der Waals surface area contributed by atoms with Crippen molar-refractivity contribution in [2.45, 2.75) is 32.0 Å². The Hall–Kier alpha value is -3.29. The van der Waals surface area contributed by atoms with Crippen molar-refractivity contribution < 1.29 is 22.5 Å². The van der Waals surface area contributed by atoms with Gasteiger partial charge in [0.1, 0.15) is 11.8 Å². The first-order valence-electron chi connectivity index (χ1n) is 9.92. The molecular weight excluding hydrogens is 407 g/mol. The lowest BCUT2D eigenvalue weighted by molar-refractivity contribution is -0.137. The summed E-state index contributed by atoms with van der Waals surface area (Å²) < 4.78 is 43.5. The molecule has 0 saturated heterocycles. The number of nitrogens with one attached hydrogen (secondary N) is 1. The van der Waals surface area contributed by atoms with Crippen LogP contribution >= 0.6 is 0 Å². The van der Waals surface area contributed by atoms with Crippen LogP contribution in [0.5, 0.6) is 0 Å². The van der Waals surface area contributed by atoms with Crippen LogP contribution in [0.2, 0.25) is 0 Å². The van der Waals surface area contributed by atoms with Gasteiger partial charge < -0.3 is 14.7 Å². The molecule has 0 radical (unpaired) electrons. The Balaban J connectivity index is 1.80. The third kappa shape index (κ3) is 5.65. The van der Waals surface area contributed by atoms with E-state index >= 15 is 0 Å². The smallest absolute Gasteiger partial charge is 0.360 e. The second kappa shape index (κ2) is 9.68. The number of hydrogen-bond acceptors (Lipinski definition) is 4. The van der Waals surface area contributed by atoms with Gasteiger partial charge in [-0.15, -0.1) is 0 Å². The molecule has 3 rings (SSSR count). The first kappa shape index (κ1) is 22.4. The molecule has 31 heavy (non-hydrogen) atoms. The summed E-state index contributed by atoms with van der Waals surface area (Å²) in [5.74, 6) is 0.954. The summed E-state index contributed by atoms with van der Waals surface area (Å²) in [7, 11) is 1.58. The monoisotopic (exact) mass is 431 g/mol. The molecule has 0 fully saturated rings. The van der Waals surface area contributed by atoms with Crippen molar-refractivity contribution in [2.75, 3.05) is 18.5 Å². The quantitative estimate of drug-likeness (QED) is 0.550. The number of aromatic nitrogens is 1. The lowest BCUT2D eigenvalue weighted by Gasteiger charge is -2.30. The fraction of sp³-hybridized carbons (Fsp3) is 0.304. The summed E-state index contributed by atoms with van der Waals surface area (Å²) in [6.45, 7) is 2.23. The predicted octanol–water partition coefficient (Wildman–Crippen LogP) is 4.93. The van der Waals surface area contributed by atoms with E-state index in [4.69, 9.17) is 4.52 Å². The van der Waals surface area contributed by atoms with E-state index in [0.717, 1.165) is 23.3 Å². The molecule has 0 bridgehead atoms. The number of halogens is 3. The van der Waals surface area contributed by atoms with E-state index in [1.165, 1.54) is 12.1 Å². The van der Waals surface area contributed by atoms with Gasteiger partial charge in [0.25, 0.3) is 0 Å². The van der Waals surface area contributed by atoms with Crippen molar-refractivity contribution in [3.63, 3.8) is 0 Å². The molecule has 5 nitrogen and oxygen atoms in total. The highest BCUT2D eigenvalue weighted by molar-refractivity contribution is 5.86. The molecule has 1 atom stereocenters. The van der Waals surface area contributed by atoms with Crippen LogP contribution in [0.3, 0.4) is 0 Å². The van der Waals surface area contributed by atoms with E-state index in [-0.39, 0.29) is 5.91 Å². The van der Waals surface area contributed by atoms with Gasteiger partial charge in [0.2, 0.25) is 5.91 Å². The van der Waals surface area contributed by atoms with Crippen LogP contribution in [0.1, 0.15) is 34.9 Å². The van der Waals surface area contributed by atoms with Crippen molar-refractivity contribution in [3.8, 4) is 0 Å². The van der Waals surface area contributed by atoms with Crippen LogP contribution < -0.4 is 10.2 Å². The molecule has 0 aliphatic heterocycles. The van der Waals surface area contributed by atoms with Crippen molar-refractivity contribution >= 4 is 11.7 Å². The summed E-state index contributed by atoms with van der Waals surface area (Å²) in [4.78, 5) is 14.6. The van der Waals surface area contributed by atoms with E-state index in [0.29, 0.717) is 31.0 Å². The zero-order valence-electron chi connectivity index (χ0n) is 17.3. The van der Waals surface area contributed by atoms with Crippen molar-refractivity contribution in [1.82, 2.24) is 10.5 Å². The number of rotatable bonds is 8. The lowest BCUT2D eigenvalue weighted by atomic mass is 10.0. The molecule has 0 aliphatic carbocycles. The maximum Gasteiger partial charge on any atom is 0.416 e. The third-order valence-electron chi connectivity index (χ3n) is 4.98. The average Bonchev–Trinajstić information content (AvgIpc) is 3.19. The van der Waals surface area contributed by atoms with E-state index < -0.39 is 17.8 Å². The second-order valence-corrected chi connectivity index (χ2v) is 7.21. The lowest BCUT2D eigenvalue weighted by Crippen LogP contribution is -2.40. The van der Waals surface area contributed by atoms with Gasteiger partial charge in [-0.2, -0.15) is 13.2 Å². The van der Waals surface area contributed by atoms with Gasteiger partial charge in [0.15, 0.2) is 5.82 Å². The van der Waals surface area contributed by atoms with Crippen LogP contribution in [0.15, 0.2) is 65.2 Å². The number of nitrogens with zero attached hydrogens (tertiary/aromatic N) is 2. The van der Waals surface area contributed by atoms with Gasteiger partial charge in [-0.25, -0.2) is 0 Å². The highest BCUT2D eigenvalue weighted by Crippen LogP contribution is 2.30. The highest BCUT2D eigenvalue weighted by Gasteiger charge is 2.30. The molecule has 0 unspecified atom stereocenters. The zero-order valence-corrected chi connectivity index (χ0v) is 17.3. The van der Waals surface area contributed by atoms with Crippen LogP contribution in [0, 0.1) is 6.92 Å². The molecule has 1 N–H and O–H groups in total. The van der Waals surface area contributed by atoms with Gasteiger partial charge in [-0.1, -0.05) is 47.6 Å². The van der Waals surface area contributed by atoms with E-state index in [2.05, 4.69) is 10.5 Å². The normalized spacial score (nSPS) is 12.4. The Morgan fingerprint density at radius 3 is 2.35 bits per heavy atom. The van der Waals surface area contributed by atoms with Gasteiger partial charge in [0.05, 0.1) is 5.56 Å². The number of hydrogen-bond donors (Lipinski definition) is 1. The maximum absolute atomic E-state index is 12.8. The molecule has 3 aromatic rings. The van der Waals surface area contributed by atoms with Crippen LogP contribution in [-0.2, 0) is 17.4 Å². The van der Waals surface area contributed by atoms with Crippen molar-refractivity contribution in [1.29, 1.82) is 0 Å². The number of aryl methyl sites for hydroxylation is 2. The Bertz CT molecular complexity index is 985. The highest BCUT2D eigenvalue weighted by atomic mass is 19.4. The Kier molecular flexibility index (Phi) is 6.99. The molecule has 0 aliphatic rings. The maximum atomic E-state index is 12.8. The second-order valence-electron chi connectivity index (χ2n) is 7.21. The molecule has 0 saturated carbocycles. The number of carbonyl (C=O) groups is 1. The third-order valence-corrected chi connectivity index (χ3v) is 4.98. The summed E-state index contributed by atoms with van der Waals surface area (Å²) in [6.07, 6.45) is -3.19. The minimum Gasteiger partial charge on any atom is -0.360 e. The van der Waals surface area contributed by atoms with Crippen molar-refractivity contribution in [3.05, 3.63) is 83.1 Å². The summed E-state index contributed by atoms with van der Waals surface area (Å²) in [5.41, 5.74) is 0.928. The fourth-order valence-electron chi connectivity index (χ4n) is 3.42. The first-order valence-corrected chi connectivity index (χ1v) is 9.92. The summed E-state index contributed by atoms with van der Waals surface area (Å²) >= 11 is 0. The first-order chi connectivity index (χ1) is 14.8. The topological polar surface area (TPSA) is 58.4 Å². The van der Waals surface area contributed by atoms with Gasteiger partial charge in [-0.3, -0.25) is 4.79 Å². The van der Waals surface area contributed by atoms with Crippen LogP contribution in [0.25, 0.3) is 0 Å². The number of carbonyl (C=O) groups excluding carboxylic acids is 1. The van der Waals surface area contributed by atoms with Crippen LogP contribution in [0.4, 0.5) is 19.0 Å².